The molecule has 164 valence electrons. The smallest absolute Gasteiger partial charge is 0.337 e. The van der Waals surface area contributed by atoms with Crippen LogP contribution in [0, 0.1) is 0 Å². The Balaban J connectivity index is 1.72. The molecule has 2 aromatic rings. The molecule has 0 bridgehead atoms. The molecular formula is C21H23N3O6S. The summed E-state index contributed by atoms with van der Waals surface area (Å²) in [5.74, 6) is -1.06. The highest BCUT2D eigenvalue weighted by Gasteiger charge is 2.29. The second kappa shape index (κ2) is 9.27. The predicted octanol–water partition coefficient (Wildman–Crippen LogP) is 1.58. The van der Waals surface area contributed by atoms with Gasteiger partial charge in [-0.25, -0.2) is 13.2 Å². The molecule has 31 heavy (non-hydrogen) atoms. The molecular weight excluding hydrogens is 422 g/mol. The van der Waals surface area contributed by atoms with Crippen LogP contribution in [0.25, 0.3) is 0 Å². The highest BCUT2D eigenvalue weighted by molar-refractivity contribution is 7.89. The molecule has 0 atom stereocenters. The van der Waals surface area contributed by atoms with Crippen molar-refractivity contribution in [2.24, 2.45) is 0 Å². The molecule has 10 heteroatoms. The number of benzene rings is 2. The summed E-state index contributed by atoms with van der Waals surface area (Å²) in [7, 11) is -2.51. The zero-order valence-corrected chi connectivity index (χ0v) is 18.0. The van der Waals surface area contributed by atoms with E-state index in [0.717, 1.165) is 0 Å². The second-order valence-electron chi connectivity index (χ2n) is 6.96. The molecule has 0 aromatic heterocycles. The molecule has 0 saturated carbocycles. The number of piperazine rings is 1. The van der Waals surface area contributed by atoms with Gasteiger partial charge in [0.2, 0.25) is 15.9 Å². The molecule has 1 saturated heterocycles. The van der Waals surface area contributed by atoms with E-state index >= 15 is 0 Å². The highest BCUT2D eigenvalue weighted by Crippen LogP contribution is 2.20. The molecule has 1 fully saturated rings. The van der Waals surface area contributed by atoms with E-state index in [0.29, 0.717) is 24.3 Å². The first kappa shape index (κ1) is 22.4. The van der Waals surface area contributed by atoms with E-state index in [1.54, 1.807) is 17.0 Å². The van der Waals surface area contributed by atoms with Gasteiger partial charge >= 0.3 is 5.97 Å². The van der Waals surface area contributed by atoms with Crippen molar-refractivity contribution in [3.63, 3.8) is 0 Å². The number of esters is 1. The van der Waals surface area contributed by atoms with E-state index in [4.69, 9.17) is 0 Å². The lowest BCUT2D eigenvalue weighted by Crippen LogP contribution is -2.49. The average molecular weight is 445 g/mol. The molecule has 0 unspecified atom stereocenters. The van der Waals surface area contributed by atoms with Crippen LogP contribution in [0.1, 0.15) is 27.6 Å². The number of nitrogens with one attached hydrogen (secondary N) is 1. The number of rotatable bonds is 5. The lowest BCUT2D eigenvalue weighted by molar-refractivity contribution is -0.129. The minimum Gasteiger partial charge on any atom is -0.465 e. The number of methoxy groups -OCH3 is 1. The number of sulfonamides is 1. The maximum Gasteiger partial charge on any atom is 0.337 e. The Hall–Kier alpha value is -3.24. The van der Waals surface area contributed by atoms with Crippen molar-refractivity contribution in [1.29, 1.82) is 0 Å². The van der Waals surface area contributed by atoms with Crippen LogP contribution in [0.3, 0.4) is 0 Å². The van der Waals surface area contributed by atoms with Gasteiger partial charge in [0.1, 0.15) is 0 Å². The van der Waals surface area contributed by atoms with Crippen LogP contribution in [-0.2, 0) is 19.6 Å². The third-order valence-corrected chi connectivity index (χ3v) is 6.88. The normalized spacial score (nSPS) is 14.7. The minimum atomic E-state index is -3.79. The van der Waals surface area contributed by atoms with Gasteiger partial charge in [-0.2, -0.15) is 4.31 Å². The molecule has 2 aromatic carbocycles. The van der Waals surface area contributed by atoms with Crippen LogP contribution >= 0.6 is 0 Å². The first-order valence-electron chi connectivity index (χ1n) is 9.58. The van der Waals surface area contributed by atoms with Gasteiger partial charge in [0.25, 0.3) is 5.91 Å². The average Bonchev–Trinajstić information content (AvgIpc) is 2.79. The maximum absolute atomic E-state index is 13.0. The first-order valence-corrected chi connectivity index (χ1v) is 11.0. The van der Waals surface area contributed by atoms with Crippen molar-refractivity contribution in [3.8, 4) is 0 Å². The summed E-state index contributed by atoms with van der Waals surface area (Å²) in [4.78, 5) is 37.2. The largest absolute Gasteiger partial charge is 0.465 e. The van der Waals surface area contributed by atoms with Crippen LogP contribution in [-0.4, -0.2) is 68.7 Å². The van der Waals surface area contributed by atoms with Gasteiger partial charge in [-0.05, 0) is 42.5 Å². The zero-order chi connectivity index (χ0) is 22.6. The van der Waals surface area contributed by atoms with Gasteiger partial charge in [-0.1, -0.05) is 6.07 Å². The number of nitrogens with zero attached hydrogens (tertiary/aromatic N) is 2. The summed E-state index contributed by atoms with van der Waals surface area (Å²) in [6.45, 7) is 2.51. The van der Waals surface area contributed by atoms with Crippen molar-refractivity contribution < 1.29 is 27.5 Å². The van der Waals surface area contributed by atoms with Crippen LogP contribution < -0.4 is 5.32 Å². The Labute approximate surface area is 180 Å². The Kier molecular flexibility index (Phi) is 6.71. The van der Waals surface area contributed by atoms with Crippen molar-refractivity contribution in [1.82, 2.24) is 9.21 Å². The fourth-order valence-corrected chi connectivity index (χ4v) is 4.67. The molecule has 0 radical (unpaired) electrons. The van der Waals surface area contributed by atoms with Crippen molar-refractivity contribution in [3.05, 3.63) is 59.7 Å². The Bertz CT molecular complexity index is 1090. The minimum absolute atomic E-state index is 0.0115. The van der Waals surface area contributed by atoms with Gasteiger partial charge in [0.15, 0.2) is 0 Å². The van der Waals surface area contributed by atoms with E-state index in [9.17, 15) is 22.8 Å². The third-order valence-electron chi connectivity index (χ3n) is 4.98. The summed E-state index contributed by atoms with van der Waals surface area (Å²) in [5, 5.41) is 2.68. The van der Waals surface area contributed by atoms with Gasteiger partial charge in [0, 0.05) is 44.4 Å². The molecule has 1 N–H and O–H groups in total. The van der Waals surface area contributed by atoms with Crippen LogP contribution in [0.15, 0.2) is 53.4 Å². The van der Waals surface area contributed by atoms with Crippen LogP contribution in [0.4, 0.5) is 5.69 Å². The second-order valence-corrected chi connectivity index (χ2v) is 8.90. The van der Waals surface area contributed by atoms with Gasteiger partial charge in [0.05, 0.1) is 17.6 Å². The first-order chi connectivity index (χ1) is 14.7. The van der Waals surface area contributed by atoms with Gasteiger partial charge in [-0.3, -0.25) is 9.59 Å². The van der Waals surface area contributed by atoms with E-state index in [2.05, 4.69) is 10.1 Å². The number of amides is 2. The van der Waals surface area contributed by atoms with Crippen LogP contribution in [0.2, 0.25) is 0 Å². The van der Waals surface area contributed by atoms with Crippen molar-refractivity contribution in [2.45, 2.75) is 11.8 Å². The van der Waals surface area contributed by atoms with Crippen molar-refractivity contribution in [2.75, 3.05) is 38.6 Å². The lowest BCUT2D eigenvalue weighted by atomic mass is 10.2. The van der Waals surface area contributed by atoms with E-state index in [1.165, 1.54) is 54.7 Å². The van der Waals surface area contributed by atoms with Crippen molar-refractivity contribution >= 4 is 33.5 Å². The monoisotopic (exact) mass is 445 g/mol. The molecule has 9 nitrogen and oxygen atoms in total. The summed E-state index contributed by atoms with van der Waals surface area (Å²) >= 11 is 0. The SMILES string of the molecule is COC(=O)c1ccc(NC(=O)c2cccc(S(=O)(=O)N3CCN(C(C)=O)CC3)c2)cc1. The third kappa shape index (κ3) is 5.09. The Morgan fingerprint density at radius 3 is 2.16 bits per heavy atom. The quantitative estimate of drug-likeness (QED) is 0.699. The highest BCUT2D eigenvalue weighted by atomic mass is 32.2. The fourth-order valence-electron chi connectivity index (χ4n) is 3.20. The summed E-state index contributed by atoms with van der Waals surface area (Å²) in [6, 6.07) is 11.9. The number of ether oxygens (including phenoxy) is 1. The van der Waals surface area contributed by atoms with Gasteiger partial charge < -0.3 is 15.0 Å². The molecule has 3 rings (SSSR count). The molecule has 2 amide bonds. The van der Waals surface area contributed by atoms with E-state index in [1.807, 2.05) is 0 Å². The van der Waals surface area contributed by atoms with E-state index in [-0.39, 0.29) is 29.5 Å². The number of hydrogen-bond donors (Lipinski definition) is 1. The predicted molar refractivity (Wildman–Crippen MR) is 113 cm³/mol. The molecule has 1 aliphatic rings. The summed E-state index contributed by atoms with van der Waals surface area (Å²) < 4.78 is 31.9. The molecule has 1 aliphatic heterocycles. The number of carbonyl (C=O) groups is 3. The maximum atomic E-state index is 13.0. The molecule has 1 heterocycles. The van der Waals surface area contributed by atoms with E-state index < -0.39 is 21.9 Å². The molecule has 0 aliphatic carbocycles. The zero-order valence-electron chi connectivity index (χ0n) is 17.2. The number of anilines is 1. The fraction of sp³-hybridized carbons (Fsp3) is 0.286. The lowest BCUT2D eigenvalue weighted by Gasteiger charge is -2.33. The standard InChI is InChI=1S/C21H23N3O6S/c1-15(25)23-10-12-24(13-11-23)31(28,29)19-5-3-4-17(14-19)20(26)22-18-8-6-16(7-9-18)21(27)30-2/h3-9,14H,10-13H2,1-2H3,(H,22,26). The number of hydrogen-bond acceptors (Lipinski definition) is 6. The summed E-state index contributed by atoms with van der Waals surface area (Å²) in [5.41, 5.74) is 0.977. The summed E-state index contributed by atoms with van der Waals surface area (Å²) in [6.07, 6.45) is 0. The number of carbonyl (C=O) groups excluding carboxylic acids is 3. The van der Waals surface area contributed by atoms with Crippen LogP contribution in [0.5, 0.6) is 0 Å². The Morgan fingerprint density at radius 1 is 0.935 bits per heavy atom. The Morgan fingerprint density at radius 2 is 1.58 bits per heavy atom. The van der Waals surface area contributed by atoms with Gasteiger partial charge in [-0.15, -0.1) is 0 Å². The topological polar surface area (TPSA) is 113 Å². The molecule has 0 spiro atoms.